The second-order valence-corrected chi connectivity index (χ2v) is 5.50. The first-order valence-corrected chi connectivity index (χ1v) is 6.45. The van der Waals surface area contributed by atoms with Gasteiger partial charge in [-0.1, -0.05) is 6.07 Å². The predicted octanol–water partition coefficient (Wildman–Crippen LogP) is 2.47. The summed E-state index contributed by atoms with van der Waals surface area (Å²) in [5.74, 6) is 0.0161. The molecule has 0 bridgehead atoms. The molecule has 0 radical (unpaired) electrons. The molecule has 1 aliphatic rings. The first-order valence-electron chi connectivity index (χ1n) is 6.45. The van der Waals surface area contributed by atoms with Crippen LogP contribution in [0.15, 0.2) is 18.2 Å². The number of carbonyl (C=O) groups is 1. The minimum atomic E-state index is -0.458. The molecule has 100 valence electrons. The largest absolute Gasteiger partial charge is 0.508 e. The van der Waals surface area contributed by atoms with E-state index in [2.05, 4.69) is 6.07 Å². The van der Waals surface area contributed by atoms with Crippen molar-refractivity contribution in [3.8, 4) is 11.8 Å². The van der Waals surface area contributed by atoms with Crippen LogP contribution in [0, 0.1) is 23.7 Å². The summed E-state index contributed by atoms with van der Waals surface area (Å²) < 4.78 is 0. The van der Waals surface area contributed by atoms with Crippen LogP contribution < -0.4 is 0 Å². The lowest BCUT2D eigenvalue weighted by atomic mass is 9.83. The number of carbonyl (C=O) groups excluding carboxylic acids is 1. The molecule has 1 aliphatic heterocycles. The Morgan fingerprint density at radius 3 is 2.89 bits per heavy atom. The summed E-state index contributed by atoms with van der Waals surface area (Å²) in [5.41, 5.74) is 0.767. The highest BCUT2D eigenvalue weighted by Crippen LogP contribution is 2.29. The third kappa shape index (κ3) is 2.70. The van der Waals surface area contributed by atoms with E-state index in [0.717, 1.165) is 18.4 Å². The second kappa shape index (κ2) is 4.93. The monoisotopic (exact) mass is 258 g/mol. The van der Waals surface area contributed by atoms with Crippen molar-refractivity contribution >= 4 is 5.91 Å². The Bertz CT molecular complexity index is 548. The van der Waals surface area contributed by atoms with Crippen LogP contribution in [0.1, 0.15) is 35.7 Å². The van der Waals surface area contributed by atoms with Gasteiger partial charge in [-0.25, -0.2) is 0 Å². The fourth-order valence-corrected chi connectivity index (χ4v) is 2.43. The smallest absolute Gasteiger partial charge is 0.254 e. The van der Waals surface area contributed by atoms with Crippen LogP contribution in [0.3, 0.4) is 0 Å². The molecule has 0 unspecified atom stereocenters. The SMILES string of the molecule is Cc1ccc(C(=O)N2CCC[C@](C)(C#N)C2)cc1O. The van der Waals surface area contributed by atoms with Crippen molar-refractivity contribution in [2.45, 2.75) is 26.7 Å². The summed E-state index contributed by atoms with van der Waals surface area (Å²) in [4.78, 5) is 14.1. The topological polar surface area (TPSA) is 64.3 Å². The molecule has 0 spiro atoms. The average Bonchev–Trinajstić information content (AvgIpc) is 2.41. The van der Waals surface area contributed by atoms with E-state index in [9.17, 15) is 15.2 Å². The highest BCUT2D eigenvalue weighted by atomic mass is 16.3. The minimum Gasteiger partial charge on any atom is -0.508 e. The first kappa shape index (κ1) is 13.4. The molecular weight excluding hydrogens is 240 g/mol. The highest BCUT2D eigenvalue weighted by molar-refractivity contribution is 5.94. The normalized spacial score (nSPS) is 22.9. The maximum absolute atomic E-state index is 12.4. The summed E-state index contributed by atoms with van der Waals surface area (Å²) in [7, 11) is 0. The van der Waals surface area contributed by atoms with E-state index in [1.807, 2.05) is 6.92 Å². The van der Waals surface area contributed by atoms with Gasteiger partial charge >= 0.3 is 0 Å². The molecule has 1 atom stereocenters. The number of piperidine rings is 1. The Kier molecular flexibility index (Phi) is 3.48. The summed E-state index contributed by atoms with van der Waals surface area (Å²) >= 11 is 0. The number of hydrogen-bond acceptors (Lipinski definition) is 3. The molecule has 1 N–H and O–H groups in total. The molecule has 1 fully saturated rings. The fourth-order valence-electron chi connectivity index (χ4n) is 2.43. The van der Waals surface area contributed by atoms with Crippen LogP contribution in [-0.2, 0) is 0 Å². The van der Waals surface area contributed by atoms with E-state index in [1.165, 1.54) is 6.07 Å². The zero-order chi connectivity index (χ0) is 14.0. The average molecular weight is 258 g/mol. The zero-order valence-electron chi connectivity index (χ0n) is 11.3. The summed E-state index contributed by atoms with van der Waals surface area (Å²) in [6, 6.07) is 7.24. The number of likely N-dealkylation sites (tertiary alicyclic amines) is 1. The maximum atomic E-state index is 12.4. The molecule has 1 heterocycles. The minimum absolute atomic E-state index is 0.114. The van der Waals surface area contributed by atoms with Crippen molar-refractivity contribution in [3.63, 3.8) is 0 Å². The molecule has 4 nitrogen and oxygen atoms in total. The number of rotatable bonds is 1. The molecule has 0 aliphatic carbocycles. The van der Waals surface area contributed by atoms with Crippen LogP contribution >= 0.6 is 0 Å². The lowest BCUT2D eigenvalue weighted by Crippen LogP contribution is -2.44. The van der Waals surface area contributed by atoms with E-state index in [1.54, 1.807) is 24.0 Å². The zero-order valence-corrected chi connectivity index (χ0v) is 11.3. The van der Waals surface area contributed by atoms with Gasteiger partial charge in [-0.15, -0.1) is 0 Å². The van der Waals surface area contributed by atoms with Gasteiger partial charge in [0.15, 0.2) is 0 Å². The van der Waals surface area contributed by atoms with Crippen LogP contribution in [-0.4, -0.2) is 29.0 Å². The maximum Gasteiger partial charge on any atom is 0.254 e. The number of phenolic OH excluding ortho intramolecular Hbond substituents is 1. The van der Waals surface area contributed by atoms with E-state index in [0.29, 0.717) is 18.7 Å². The molecule has 0 aromatic heterocycles. The van der Waals surface area contributed by atoms with Crippen molar-refractivity contribution in [1.82, 2.24) is 4.90 Å². The van der Waals surface area contributed by atoms with Gasteiger partial charge in [0.1, 0.15) is 5.75 Å². The second-order valence-electron chi connectivity index (χ2n) is 5.50. The third-order valence-electron chi connectivity index (χ3n) is 3.71. The van der Waals surface area contributed by atoms with Gasteiger partial charge in [-0.3, -0.25) is 4.79 Å². The van der Waals surface area contributed by atoms with Crippen LogP contribution in [0.25, 0.3) is 0 Å². The number of aryl methyl sites for hydroxylation is 1. The van der Waals surface area contributed by atoms with Crippen molar-refractivity contribution < 1.29 is 9.90 Å². The Balaban J connectivity index is 2.20. The van der Waals surface area contributed by atoms with Gasteiger partial charge in [0, 0.05) is 18.7 Å². The molecule has 1 saturated heterocycles. The summed E-state index contributed by atoms with van der Waals surface area (Å²) in [6.45, 7) is 4.80. The van der Waals surface area contributed by atoms with Gasteiger partial charge in [-0.2, -0.15) is 5.26 Å². The number of benzene rings is 1. The van der Waals surface area contributed by atoms with E-state index < -0.39 is 5.41 Å². The summed E-state index contributed by atoms with van der Waals surface area (Å²) in [6.07, 6.45) is 1.67. The van der Waals surface area contributed by atoms with Crippen molar-refractivity contribution in [2.24, 2.45) is 5.41 Å². The number of aromatic hydroxyl groups is 1. The van der Waals surface area contributed by atoms with E-state index in [-0.39, 0.29) is 11.7 Å². The third-order valence-corrected chi connectivity index (χ3v) is 3.71. The number of amides is 1. The molecular formula is C15H18N2O2. The number of nitriles is 1. The van der Waals surface area contributed by atoms with Gasteiger partial charge < -0.3 is 10.0 Å². The number of nitrogens with zero attached hydrogens (tertiary/aromatic N) is 2. The van der Waals surface area contributed by atoms with Gasteiger partial charge in [-0.05, 0) is 44.4 Å². The van der Waals surface area contributed by atoms with Gasteiger partial charge in [0.05, 0.1) is 11.5 Å². The van der Waals surface area contributed by atoms with Gasteiger partial charge in [0.2, 0.25) is 0 Å². The van der Waals surface area contributed by atoms with Crippen molar-refractivity contribution in [3.05, 3.63) is 29.3 Å². The molecule has 1 amide bonds. The Morgan fingerprint density at radius 2 is 2.26 bits per heavy atom. The molecule has 1 aromatic carbocycles. The lowest BCUT2D eigenvalue weighted by molar-refractivity contribution is 0.0629. The first-order chi connectivity index (χ1) is 8.95. The predicted molar refractivity (Wildman–Crippen MR) is 71.7 cm³/mol. The molecule has 19 heavy (non-hydrogen) atoms. The van der Waals surface area contributed by atoms with Crippen molar-refractivity contribution in [2.75, 3.05) is 13.1 Å². The van der Waals surface area contributed by atoms with Crippen LogP contribution in [0.4, 0.5) is 0 Å². The fraction of sp³-hybridized carbons (Fsp3) is 0.467. The van der Waals surface area contributed by atoms with Gasteiger partial charge in [0.25, 0.3) is 5.91 Å². The van der Waals surface area contributed by atoms with E-state index in [4.69, 9.17) is 0 Å². The molecule has 4 heteroatoms. The standard InChI is InChI=1S/C15H18N2O2/c1-11-4-5-12(8-13(11)18)14(19)17-7-3-6-15(2,9-16)10-17/h4-5,8,18H,3,6-7,10H2,1-2H3/t15-/m1/s1. The number of hydrogen-bond donors (Lipinski definition) is 1. The number of phenols is 1. The lowest BCUT2D eigenvalue weighted by Gasteiger charge is -2.36. The van der Waals surface area contributed by atoms with Crippen LogP contribution in [0.5, 0.6) is 5.75 Å². The van der Waals surface area contributed by atoms with E-state index >= 15 is 0 Å². The quantitative estimate of drug-likeness (QED) is 0.841. The summed E-state index contributed by atoms with van der Waals surface area (Å²) in [5, 5.41) is 18.8. The molecule has 2 rings (SSSR count). The Labute approximate surface area is 113 Å². The molecule has 1 aromatic rings. The Hall–Kier alpha value is -2.02. The Morgan fingerprint density at radius 1 is 1.53 bits per heavy atom. The van der Waals surface area contributed by atoms with Crippen LogP contribution in [0.2, 0.25) is 0 Å². The highest BCUT2D eigenvalue weighted by Gasteiger charge is 2.33. The van der Waals surface area contributed by atoms with Crippen molar-refractivity contribution in [1.29, 1.82) is 5.26 Å². The molecule has 0 saturated carbocycles.